The van der Waals surface area contributed by atoms with Crippen LogP contribution in [0.15, 0.2) is 36.9 Å². The Bertz CT molecular complexity index is 424. The summed E-state index contributed by atoms with van der Waals surface area (Å²) < 4.78 is 6.21. The van der Waals surface area contributed by atoms with E-state index in [2.05, 4.69) is 50.8 Å². The van der Waals surface area contributed by atoms with Gasteiger partial charge in [0.1, 0.15) is 6.10 Å². The Balaban J connectivity index is 1.97. The maximum Gasteiger partial charge on any atom is 0.112 e. The number of epoxide rings is 1. The molecule has 116 valence electrons. The molecule has 0 N–H and O–H groups in total. The van der Waals surface area contributed by atoms with Crippen LogP contribution in [0.1, 0.15) is 70.8 Å². The fraction of sp³-hybridized carbons (Fsp3) is 0.600. The highest BCUT2D eigenvalue weighted by Crippen LogP contribution is 2.50. The average molecular weight is 286 g/mol. The first-order valence-electron chi connectivity index (χ1n) is 8.65. The van der Waals surface area contributed by atoms with Crippen molar-refractivity contribution in [3.8, 4) is 0 Å². The van der Waals surface area contributed by atoms with Gasteiger partial charge in [-0.2, -0.15) is 0 Å². The zero-order chi connectivity index (χ0) is 15.1. The van der Waals surface area contributed by atoms with Crippen LogP contribution in [0.5, 0.6) is 0 Å². The van der Waals surface area contributed by atoms with Gasteiger partial charge in [-0.25, -0.2) is 0 Å². The van der Waals surface area contributed by atoms with Crippen LogP contribution >= 0.6 is 0 Å². The molecule has 1 aliphatic rings. The molecule has 1 heteroatoms. The van der Waals surface area contributed by atoms with Gasteiger partial charge in [-0.1, -0.05) is 89.3 Å². The summed E-state index contributed by atoms with van der Waals surface area (Å²) in [6.45, 7) is 8.84. The molecule has 1 nitrogen and oxygen atoms in total. The summed E-state index contributed by atoms with van der Waals surface area (Å²) in [5.74, 6) is 0. The smallest absolute Gasteiger partial charge is 0.112 e. The van der Waals surface area contributed by atoms with Gasteiger partial charge in [0.2, 0.25) is 0 Å². The van der Waals surface area contributed by atoms with Crippen molar-refractivity contribution in [3.05, 3.63) is 42.5 Å². The Morgan fingerprint density at radius 3 is 2.10 bits per heavy atom. The molecule has 0 amide bonds. The predicted octanol–water partition coefficient (Wildman–Crippen LogP) is 6.00. The van der Waals surface area contributed by atoms with Gasteiger partial charge in [0.25, 0.3) is 0 Å². The molecule has 0 aromatic heterocycles. The van der Waals surface area contributed by atoms with Crippen molar-refractivity contribution in [1.29, 1.82) is 0 Å². The van der Waals surface area contributed by atoms with Crippen molar-refractivity contribution in [2.24, 2.45) is 0 Å². The number of unbranched alkanes of at least 4 members (excludes halogenated alkanes) is 4. The lowest BCUT2D eigenvalue weighted by Gasteiger charge is -2.14. The molecule has 1 atom stereocenters. The molecule has 0 aliphatic carbocycles. The van der Waals surface area contributed by atoms with E-state index >= 15 is 0 Å². The topological polar surface area (TPSA) is 12.5 Å². The molecule has 1 aromatic carbocycles. The van der Waals surface area contributed by atoms with E-state index in [4.69, 9.17) is 4.74 Å². The van der Waals surface area contributed by atoms with Crippen LogP contribution in [0.25, 0.3) is 5.57 Å². The highest BCUT2D eigenvalue weighted by Gasteiger charge is 2.56. The van der Waals surface area contributed by atoms with Crippen molar-refractivity contribution < 1.29 is 4.74 Å². The third-order valence-corrected chi connectivity index (χ3v) is 4.64. The normalized spacial score (nSPS) is 19.4. The molecule has 1 fully saturated rings. The van der Waals surface area contributed by atoms with Gasteiger partial charge in [-0.3, -0.25) is 0 Å². The SMILES string of the molecule is C=C(c1ccccc1)C1OC1(CCCCC)CCCCC. The van der Waals surface area contributed by atoms with E-state index in [0.29, 0.717) is 0 Å². The van der Waals surface area contributed by atoms with Gasteiger partial charge in [0.15, 0.2) is 0 Å². The van der Waals surface area contributed by atoms with Crippen LogP contribution in [0.3, 0.4) is 0 Å². The number of benzene rings is 1. The molecule has 1 heterocycles. The van der Waals surface area contributed by atoms with E-state index in [-0.39, 0.29) is 11.7 Å². The summed E-state index contributed by atoms with van der Waals surface area (Å²) in [5.41, 5.74) is 2.50. The van der Waals surface area contributed by atoms with Crippen molar-refractivity contribution in [2.75, 3.05) is 0 Å². The van der Waals surface area contributed by atoms with E-state index in [1.807, 2.05) is 0 Å². The van der Waals surface area contributed by atoms with E-state index in [1.165, 1.54) is 62.5 Å². The van der Waals surface area contributed by atoms with E-state index in [9.17, 15) is 0 Å². The Morgan fingerprint density at radius 2 is 1.57 bits per heavy atom. The second-order valence-electron chi connectivity index (χ2n) is 6.37. The molecule has 21 heavy (non-hydrogen) atoms. The largest absolute Gasteiger partial charge is 0.361 e. The second-order valence-corrected chi connectivity index (χ2v) is 6.37. The van der Waals surface area contributed by atoms with Crippen LogP contribution in [-0.2, 0) is 4.74 Å². The van der Waals surface area contributed by atoms with Gasteiger partial charge in [-0.15, -0.1) is 0 Å². The highest BCUT2D eigenvalue weighted by molar-refractivity contribution is 5.70. The van der Waals surface area contributed by atoms with Crippen molar-refractivity contribution in [3.63, 3.8) is 0 Å². The van der Waals surface area contributed by atoms with Crippen molar-refractivity contribution in [1.82, 2.24) is 0 Å². The first-order chi connectivity index (χ1) is 10.2. The van der Waals surface area contributed by atoms with Crippen LogP contribution in [-0.4, -0.2) is 11.7 Å². The second kappa shape index (κ2) is 7.79. The van der Waals surface area contributed by atoms with Gasteiger partial charge < -0.3 is 4.74 Å². The first-order valence-corrected chi connectivity index (χ1v) is 8.65. The Morgan fingerprint density at radius 1 is 1.00 bits per heavy atom. The fourth-order valence-corrected chi connectivity index (χ4v) is 3.25. The minimum atomic E-state index is 0.0945. The molecule has 1 saturated heterocycles. The van der Waals surface area contributed by atoms with Crippen LogP contribution in [0, 0.1) is 0 Å². The minimum Gasteiger partial charge on any atom is -0.361 e. The first kappa shape index (κ1) is 16.3. The molecule has 1 aromatic rings. The molecule has 1 unspecified atom stereocenters. The van der Waals surface area contributed by atoms with E-state index < -0.39 is 0 Å². The molecular formula is C20H30O. The standard InChI is InChI=1S/C20H30O/c1-4-6-11-15-20(16-12-7-5-2)19(21-20)17(3)18-13-9-8-10-14-18/h8-10,13-14,19H,3-7,11-12,15-16H2,1-2H3. The zero-order valence-corrected chi connectivity index (χ0v) is 13.7. The van der Waals surface area contributed by atoms with Gasteiger partial charge >= 0.3 is 0 Å². The minimum absolute atomic E-state index is 0.0945. The van der Waals surface area contributed by atoms with Gasteiger partial charge in [0, 0.05) is 0 Å². The number of rotatable bonds is 10. The third-order valence-electron chi connectivity index (χ3n) is 4.64. The maximum atomic E-state index is 6.21. The average Bonchev–Trinajstić information content (AvgIpc) is 3.23. The lowest BCUT2D eigenvalue weighted by atomic mass is 9.87. The lowest BCUT2D eigenvalue weighted by Crippen LogP contribution is -2.16. The highest BCUT2D eigenvalue weighted by atomic mass is 16.6. The number of hydrogen-bond acceptors (Lipinski definition) is 1. The monoisotopic (exact) mass is 286 g/mol. The Labute approximate surface area is 130 Å². The predicted molar refractivity (Wildman–Crippen MR) is 91.4 cm³/mol. The van der Waals surface area contributed by atoms with Crippen LogP contribution in [0.2, 0.25) is 0 Å². The summed E-state index contributed by atoms with van der Waals surface area (Å²) in [6.07, 6.45) is 10.4. The summed E-state index contributed by atoms with van der Waals surface area (Å²) >= 11 is 0. The van der Waals surface area contributed by atoms with Gasteiger partial charge in [-0.05, 0) is 24.0 Å². The molecule has 0 bridgehead atoms. The fourth-order valence-electron chi connectivity index (χ4n) is 3.25. The lowest BCUT2D eigenvalue weighted by molar-refractivity contribution is 0.259. The summed E-state index contributed by atoms with van der Waals surface area (Å²) in [6, 6.07) is 10.5. The quantitative estimate of drug-likeness (QED) is 0.380. The third kappa shape index (κ3) is 4.20. The van der Waals surface area contributed by atoms with E-state index in [1.54, 1.807) is 0 Å². The van der Waals surface area contributed by atoms with Crippen LogP contribution in [0.4, 0.5) is 0 Å². The zero-order valence-electron chi connectivity index (χ0n) is 13.7. The summed E-state index contributed by atoms with van der Waals surface area (Å²) in [5, 5.41) is 0. The number of hydrogen-bond donors (Lipinski definition) is 0. The van der Waals surface area contributed by atoms with Crippen LogP contribution < -0.4 is 0 Å². The molecule has 0 saturated carbocycles. The Hall–Kier alpha value is -1.08. The van der Waals surface area contributed by atoms with Crippen molar-refractivity contribution >= 4 is 5.57 Å². The molecular weight excluding hydrogens is 256 g/mol. The molecule has 2 rings (SSSR count). The molecule has 1 aliphatic heterocycles. The molecule has 0 spiro atoms. The van der Waals surface area contributed by atoms with Gasteiger partial charge in [0.05, 0.1) is 5.60 Å². The van der Waals surface area contributed by atoms with Crippen molar-refractivity contribution in [2.45, 2.75) is 76.9 Å². The number of ether oxygens (including phenoxy) is 1. The summed E-state index contributed by atoms with van der Waals surface area (Å²) in [4.78, 5) is 0. The van der Waals surface area contributed by atoms with E-state index in [0.717, 1.165) is 0 Å². The Kier molecular flexibility index (Phi) is 6.05. The molecule has 0 radical (unpaired) electrons. The summed E-state index contributed by atoms with van der Waals surface area (Å²) in [7, 11) is 0. The maximum absolute atomic E-state index is 6.21.